The van der Waals surface area contributed by atoms with Gasteiger partial charge in [-0.15, -0.1) is 11.3 Å². The molecule has 3 aliphatic rings. The number of piperidine rings is 1. The number of ether oxygens (including phenoxy) is 1. The summed E-state index contributed by atoms with van der Waals surface area (Å²) < 4.78 is 21.6. The molecule has 2 saturated heterocycles. The number of carbonyl (C=O) groups is 1. The molecule has 3 aliphatic heterocycles. The zero-order valence-corrected chi connectivity index (χ0v) is 26.3. The first-order chi connectivity index (χ1) is 21.2. The van der Waals surface area contributed by atoms with Gasteiger partial charge in [-0.05, 0) is 65.0 Å². The summed E-state index contributed by atoms with van der Waals surface area (Å²) in [5.74, 6) is 1.93. The largest absolute Gasteiger partial charge is 0.389 e. The maximum absolute atomic E-state index is 15.1. The van der Waals surface area contributed by atoms with E-state index in [0.29, 0.717) is 63.9 Å². The molecule has 3 unspecified atom stereocenters. The van der Waals surface area contributed by atoms with Crippen molar-refractivity contribution in [2.45, 2.75) is 59.3 Å². The van der Waals surface area contributed by atoms with Crippen LogP contribution in [0.5, 0.6) is 0 Å². The van der Waals surface area contributed by atoms with E-state index in [0.717, 1.165) is 82.5 Å². The Balaban J connectivity index is 1.53. The number of nitrogens with zero attached hydrogens (tertiary/aromatic N) is 5. The minimum absolute atomic E-state index is 0.0565. The fraction of sp³-hybridized carbons (Fsp3) is 0.455. The number of likely N-dealkylation sites (N-methyl/N-ethyl adjacent to an activating group) is 1. The van der Waals surface area contributed by atoms with E-state index < -0.39 is 5.82 Å². The summed E-state index contributed by atoms with van der Waals surface area (Å²) in [5, 5.41) is 15.3. The smallest absolute Gasteiger partial charge is 0.244 e. The SMILES string of the molecule is CCc1c(-c2ccc(F)c3sc(N)c(C#N)c23)c2c(c3c(NC4CCCN(C)C4=O)nc(N4CC(C)C(C)C4)nc13)COC2. The number of fused-ring (bicyclic) bond motifs is 4. The van der Waals surface area contributed by atoms with Gasteiger partial charge in [0.05, 0.1) is 29.0 Å². The van der Waals surface area contributed by atoms with Gasteiger partial charge in [0.15, 0.2) is 0 Å². The minimum atomic E-state index is -0.399. The molecule has 0 saturated carbocycles. The number of anilines is 3. The van der Waals surface area contributed by atoms with Crippen molar-refractivity contribution >= 4 is 55.0 Å². The Morgan fingerprint density at radius 1 is 1.18 bits per heavy atom. The van der Waals surface area contributed by atoms with Crippen molar-refractivity contribution in [3.05, 3.63) is 40.2 Å². The van der Waals surface area contributed by atoms with Gasteiger partial charge in [-0.1, -0.05) is 26.8 Å². The van der Waals surface area contributed by atoms with E-state index in [1.165, 1.54) is 6.07 Å². The number of hydrogen-bond acceptors (Lipinski definition) is 9. The van der Waals surface area contributed by atoms with Crippen LogP contribution in [0.25, 0.3) is 32.1 Å². The number of nitrogens with two attached hydrogens (primary N) is 1. The van der Waals surface area contributed by atoms with Crippen LogP contribution in [0.3, 0.4) is 0 Å². The van der Waals surface area contributed by atoms with Crippen LogP contribution in [-0.2, 0) is 29.2 Å². The second kappa shape index (κ2) is 10.9. The van der Waals surface area contributed by atoms with Crippen LogP contribution in [-0.4, -0.2) is 53.5 Å². The average Bonchev–Trinajstić information content (AvgIpc) is 3.72. The third-order valence-corrected chi connectivity index (χ3v) is 10.8. The van der Waals surface area contributed by atoms with Crippen LogP contribution in [0, 0.1) is 29.0 Å². The Labute approximate surface area is 259 Å². The van der Waals surface area contributed by atoms with Gasteiger partial charge >= 0.3 is 0 Å². The summed E-state index contributed by atoms with van der Waals surface area (Å²) in [6.45, 7) is 9.74. The van der Waals surface area contributed by atoms with Crippen molar-refractivity contribution in [1.82, 2.24) is 14.9 Å². The lowest BCUT2D eigenvalue weighted by Gasteiger charge is -2.31. The fourth-order valence-electron chi connectivity index (χ4n) is 7.18. The van der Waals surface area contributed by atoms with E-state index in [-0.39, 0.29) is 11.9 Å². The van der Waals surface area contributed by atoms with Crippen molar-refractivity contribution in [2.75, 3.05) is 42.6 Å². The number of amides is 1. The van der Waals surface area contributed by atoms with Gasteiger partial charge in [-0.3, -0.25) is 4.79 Å². The number of nitriles is 1. The Kier molecular flexibility index (Phi) is 7.09. The molecular formula is C33H36FN7O2S. The van der Waals surface area contributed by atoms with Crippen LogP contribution < -0.4 is 16.0 Å². The second-order valence-electron chi connectivity index (χ2n) is 12.5. The summed E-state index contributed by atoms with van der Waals surface area (Å²) in [5.41, 5.74) is 11.9. The van der Waals surface area contributed by atoms with E-state index in [4.69, 9.17) is 20.4 Å². The van der Waals surface area contributed by atoms with E-state index in [1.54, 1.807) is 11.0 Å². The number of rotatable bonds is 5. The van der Waals surface area contributed by atoms with Crippen molar-refractivity contribution in [3.63, 3.8) is 0 Å². The normalized spacial score (nSPS) is 21.8. The predicted octanol–water partition coefficient (Wildman–Crippen LogP) is 5.82. The summed E-state index contributed by atoms with van der Waals surface area (Å²) in [6, 6.07) is 5.05. The van der Waals surface area contributed by atoms with Crippen molar-refractivity contribution < 1.29 is 13.9 Å². The summed E-state index contributed by atoms with van der Waals surface area (Å²) in [7, 11) is 1.84. The second-order valence-corrected chi connectivity index (χ2v) is 13.5. The molecule has 11 heteroatoms. The molecule has 1 amide bonds. The molecule has 2 aromatic carbocycles. The minimum Gasteiger partial charge on any atom is -0.389 e. The number of nitrogen functional groups attached to an aromatic ring is 1. The quantitative estimate of drug-likeness (QED) is 0.289. The molecule has 3 N–H and O–H groups in total. The highest BCUT2D eigenvalue weighted by molar-refractivity contribution is 7.23. The van der Waals surface area contributed by atoms with Gasteiger partial charge in [0.2, 0.25) is 11.9 Å². The molecule has 3 atom stereocenters. The van der Waals surface area contributed by atoms with Crippen LogP contribution in [0.1, 0.15) is 55.9 Å². The Morgan fingerprint density at radius 2 is 1.93 bits per heavy atom. The lowest BCUT2D eigenvalue weighted by molar-refractivity contribution is -0.132. The van der Waals surface area contributed by atoms with E-state index >= 15 is 4.39 Å². The van der Waals surface area contributed by atoms with E-state index in [1.807, 2.05) is 7.05 Å². The first kappa shape index (κ1) is 28.7. The monoisotopic (exact) mass is 613 g/mol. The number of aryl methyl sites for hydroxylation is 1. The van der Waals surface area contributed by atoms with Gasteiger partial charge in [-0.25, -0.2) is 9.37 Å². The van der Waals surface area contributed by atoms with Gasteiger partial charge in [0.25, 0.3) is 0 Å². The summed E-state index contributed by atoms with van der Waals surface area (Å²) in [4.78, 5) is 27.6. The van der Waals surface area contributed by atoms with Gasteiger partial charge < -0.3 is 25.6 Å². The maximum atomic E-state index is 15.1. The molecule has 0 radical (unpaired) electrons. The summed E-state index contributed by atoms with van der Waals surface area (Å²) >= 11 is 1.10. The third-order valence-electron chi connectivity index (χ3n) is 9.74. The third kappa shape index (κ3) is 4.38. The van der Waals surface area contributed by atoms with Crippen LogP contribution >= 0.6 is 11.3 Å². The van der Waals surface area contributed by atoms with Gasteiger partial charge in [0.1, 0.15) is 28.7 Å². The zero-order valence-electron chi connectivity index (χ0n) is 25.5. The molecule has 0 bridgehead atoms. The number of thiophene rings is 1. The molecule has 228 valence electrons. The number of halogens is 1. The number of aromatic nitrogens is 2. The molecule has 0 aliphatic carbocycles. The highest BCUT2D eigenvalue weighted by atomic mass is 32.1. The number of likely N-dealkylation sites (tertiary alicyclic amines) is 1. The molecule has 4 aromatic rings. The molecule has 2 aromatic heterocycles. The zero-order chi connectivity index (χ0) is 30.9. The highest BCUT2D eigenvalue weighted by Gasteiger charge is 2.34. The van der Waals surface area contributed by atoms with E-state index in [9.17, 15) is 10.1 Å². The van der Waals surface area contributed by atoms with Crippen molar-refractivity contribution in [3.8, 4) is 17.2 Å². The predicted molar refractivity (Wildman–Crippen MR) is 172 cm³/mol. The Morgan fingerprint density at radius 3 is 2.66 bits per heavy atom. The van der Waals surface area contributed by atoms with Crippen molar-refractivity contribution in [1.29, 1.82) is 5.26 Å². The highest BCUT2D eigenvalue weighted by Crippen LogP contribution is 2.48. The maximum Gasteiger partial charge on any atom is 0.244 e. The number of carbonyl (C=O) groups excluding carboxylic acids is 1. The van der Waals surface area contributed by atoms with Crippen LogP contribution in [0.4, 0.5) is 21.2 Å². The standard InChI is InChI=1S/C33H36FN7O2S/c1-5-18-25(19-8-9-23(34)29-26(19)20(11-35)30(36)44-29)21-14-43-15-22(21)27-28(18)38-33(41-12-16(2)17(3)13-41)39-31(27)37-24-7-6-10-40(4)32(24)42/h8-9,16-17,24H,5-7,10,12-15,36H2,1-4H3,(H,37,38,39). The van der Waals surface area contributed by atoms with E-state index in [2.05, 4.69) is 37.1 Å². The lowest BCUT2D eigenvalue weighted by atomic mass is 9.86. The molecule has 7 rings (SSSR count). The molecule has 2 fully saturated rings. The lowest BCUT2D eigenvalue weighted by Crippen LogP contribution is -2.45. The van der Waals surface area contributed by atoms with Crippen molar-refractivity contribution in [2.24, 2.45) is 11.8 Å². The number of benzene rings is 2. The van der Waals surface area contributed by atoms with Gasteiger partial charge in [-0.2, -0.15) is 10.2 Å². The van der Waals surface area contributed by atoms with Crippen LogP contribution in [0.2, 0.25) is 0 Å². The number of nitrogens with one attached hydrogen (secondary N) is 1. The fourth-order valence-corrected chi connectivity index (χ4v) is 8.13. The molecule has 0 spiro atoms. The Bertz CT molecular complexity index is 1870. The van der Waals surface area contributed by atoms with Crippen LogP contribution in [0.15, 0.2) is 12.1 Å². The number of hydrogen-bond donors (Lipinski definition) is 2. The first-order valence-corrected chi connectivity index (χ1v) is 16.2. The average molecular weight is 614 g/mol. The topological polar surface area (TPSA) is 120 Å². The molecule has 9 nitrogen and oxygen atoms in total. The molecule has 44 heavy (non-hydrogen) atoms. The first-order valence-electron chi connectivity index (χ1n) is 15.3. The molecular weight excluding hydrogens is 577 g/mol. The Hall–Kier alpha value is -4.01. The van der Waals surface area contributed by atoms with Gasteiger partial charge in [0, 0.05) is 37.5 Å². The molecule has 5 heterocycles. The summed E-state index contributed by atoms with van der Waals surface area (Å²) in [6.07, 6.45) is 2.27.